The fourth-order valence-corrected chi connectivity index (χ4v) is 2.82. The molecule has 0 aromatic rings. The highest BCUT2D eigenvalue weighted by molar-refractivity contribution is 4.94. The molecule has 2 rings (SSSR count). The summed E-state index contributed by atoms with van der Waals surface area (Å²) in [5.41, 5.74) is 0. The maximum Gasteiger partial charge on any atom is 0.173 e. The Kier molecular flexibility index (Phi) is 4.94. The fourth-order valence-electron chi connectivity index (χ4n) is 2.82. The molecular weight excluding hydrogens is 238 g/mol. The van der Waals surface area contributed by atoms with Crippen molar-refractivity contribution in [3.8, 4) is 0 Å². The Morgan fingerprint density at radius 3 is 2.28 bits per heavy atom. The minimum atomic E-state index is -1.21. The lowest BCUT2D eigenvalue weighted by Gasteiger charge is -2.42. The van der Waals surface area contributed by atoms with Gasteiger partial charge in [-0.25, -0.2) is 0 Å². The van der Waals surface area contributed by atoms with Crippen molar-refractivity contribution in [1.82, 2.24) is 5.32 Å². The number of hydrogen-bond acceptors (Lipinski definition) is 6. The van der Waals surface area contributed by atoms with Gasteiger partial charge in [0.15, 0.2) is 6.29 Å². The van der Waals surface area contributed by atoms with Crippen molar-refractivity contribution in [3.63, 3.8) is 0 Å². The summed E-state index contributed by atoms with van der Waals surface area (Å²) in [6.45, 7) is -0.425. The second-order valence-electron chi connectivity index (χ2n) is 5.26. The normalized spacial score (nSPS) is 43.0. The molecule has 0 unspecified atom stereocenters. The lowest BCUT2D eigenvalue weighted by molar-refractivity contribution is -0.255. The van der Waals surface area contributed by atoms with Crippen molar-refractivity contribution in [1.29, 1.82) is 0 Å². The van der Waals surface area contributed by atoms with Gasteiger partial charge in [0, 0.05) is 6.04 Å². The highest BCUT2D eigenvalue weighted by Gasteiger charge is 2.44. The number of ether oxygens (including phenoxy) is 1. The van der Waals surface area contributed by atoms with Gasteiger partial charge in [0.05, 0.1) is 12.6 Å². The quantitative estimate of drug-likeness (QED) is 0.433. The summed E-state index contributed by atoms with van der Waals surface area (Å²) in [5, 5.41) is 41.7. The average Bonchev–Trinajstić information content (AvgIpc) is 2.40. The molecule has 0 aromatic heterocycles. The van der Waals surface area contributed by atoms with Crippen LogP contribution < -0.4 is 5.32 Å². The van der Waals surface area contributed by atoms with Crippen LogP contribution in [0.2, 0.25) is 0 Å². The van der Waals surface area contributed by atoms with E-state index < -0.39 is 37.3 Å². The average molecular weight is 261 g/mol. The van der Waals surface area contributed by atoms with Crippen molar-refractivity contribution in [3.05, 3.63) is 0 Å². The molecule has 0 radical (unpaired) electrons. The molecule has 6 nitrogen and oxygen atoms in total. The van der Waals surface area contributed by atoms with Crippen molar-refractivity contribution in [2.45, 2.75) is 68.8 Å². The van der Waals surface area contributed by atoms with Gasteiger partial charge in [-0.1, -0.05) is 19.3 Å². The molecule has 1 aliphatic carbocycles. The molecule has 2 fully saturated rings. The Morgan fingerprint density at radius 2 is 1.67 bits per heavy atom. The van der Waals surface area contributed by atoms with Crippen LogP contribution in [0.3, 0.4) is 0 Å². The maximum absolute atomic E-state index is 9.98. The van der Waals surface area contributed by atoms with Gasteiger partial charge in [0.25, 0.3) is 0 Å². The summed E-state index contributed by atoms with van der Waals surface area (Å²) in [6.07, 6.45) is 1.07. The summed E-state index contributed by atoms with van der Waals surface area (Å²) >= 11 is 0. The van der Waals surface area contributed by atoms with E-state index >= 15 is 0 Å². The Bertz CT molecular complexity index is 259. The summed E-state index contributed by atoms with van der Waals surface area (Å²) in [6, 6.07) is -0.458. The molecule has 1 saturated carbocycles. The van der Waals surface area contributed by atoms with Crippen molar-refractivity contribution in [2.75, 3.05) is 6.61 Å². The summed E-state index contributed by atoms with van der Waals surface area (Å²) in [7, 11) is 0. The zero-order valence-electron chi connectivity index (χ0n) is 10.4. The molecule has 5 atom stereocenters. The maximum atomic E-state index is 9.98. The first-order chi connectivity index (χ1) is 8.63. The van der Waals surface area contributed by atoms with Gasteiger partial charge in [-0.15, -0.1) is 0 Å². The van der Waals surface area contributed by atoms with Crippen molar-refractivity contribution >= 4 is 0 Å². The highest BCUT2D eigenvalue weighted by Crippen LogP contribution is 2.23. The molecular formula is C12H23NO5. The van der Waals surface area contributed by atoms with Gasteiger partial charge in [0.2, 0.25) is 0 Å². The number of rotatable bonds is 3. The van der Waals surface area contributed by atoms with Crippen LogP contribution in [0, 0.1) is 0 Å². The second kappa shape index (κ2) is 6.27. The van der Waals surface area contributed by atoms with E-state index in [0.717, 1.165) is 25.7 Å². The third kappa shape index (κ3) is 3.01. The van der Waals surface area contributed by atoms with E-state index in [0.29, 0.717) is 0 Å². The van der Waals surface area contributed by atoms with Gasteiger partial charge < -0.3 is 30.5 Å². The van der Waals surface area contributed by atoms with E-state index in [9.17, 15) is 15.3 Å². The van der Waals surface area contributed by atoms with Gasteiger partial charge >= 0.3 is 0 Å². The summed E-state index contributed by atoms with van der Waals surface area (Å²) in [5.74, 6) is 0. The molecule has 106 valence electrons. The summed E-state index contributed by atoms with van der Waals surface area (Å²) in [4.78, 5) is 0. The number of aliphatic hydroxyl groups is 4. The molecule has 1 aliphatic heterocycles. The zero-order valence-corrected chi connectivity index (χ0v) is 10.4. The van der Waals surface area contributed by atoms with Gasteiger partial charge in [-0.05, 0) is 12.8 Å². The van der Waals surface area contributed by atoms with Crippen LogP contribution in [0.4, 0.5) is 0 Å². The van der Waals surface area contributed by atoms with E-state index in [4.69, 9.17) is 9.84 Å². The molecule has 0 spiro atoms. The van der Waals surface area contributed by atoms with Crippen LogP contribution in [-0.2, 0) is 4.74 Å². The molecule has 1 heterocycles. The predicted octanol–water partition coefficient (Wildman–Crippen LogP) is -1.29. The minimum absolute atomic E-state index is 0.245. The Balaban J connectivity index is 1.94. The predicted molar refractivity (Wildman–Crippen MR) is 63.8 cm³/mol. The zero-order chi connectivity index (χ0) is 13.1. The van der Waals surface area contributed by atoms with Crippen LogP contribution in [0.25, 0.3) is 0 Å². The topological polar surface area (TPSA) is 102 Å². The van der Waals surface area contributed by atoms with E-state index in [1.807, 2.05) is 0 Å². The van der Waals surface area contributed by atoms with Gasteiger partial charge in [-0.3, -0.25) is 0 Å². The van der Waals surface area contributed by atoms with E-state index in [1.54, 1.807) is 0 Å². The first-order valence-electron chi connectivity index (χ1n) is 6.70. The first-order valence-corrected chi connectivity index (χ1v) is 6.70. The van der Waals surface area contributed by atoms with E-state index in [1.165, 1.54) is 6.42 Å². The smallest absolute Gasteiger partial charge is 0.173 e. The molecule has 1 saturated heterocycles. The molecule has 0 amide bonds. The second-order valence-corrected chi connectivity index (χ2v) is 5.26. The lowest BCUT2D eigenvalue weighted by Crippen LogP contribution is -2.64. The molecule has 2 aliphatic rings. The number of aliphatic hydroxyl groups excluding tert-OH is 4. The van der Waals surface area contributed by atoms with Crippen LogP contribution >= 0.6 is 0 Å². The van der Waals surface area contributed by atoms with E-state index in [2.05, 4.69) is 5.32 Å². The largest absolute Gasteiger partial charge is 0.394 e. The third-order valence-corrected chi connectivity index (χ3v) is 3.93. The first kappa shape index (κ1) is 14.2. The Morgan fingerprint density at radius 1 is 1.00 bits per heavy atom. The third-order valence-electron chi connectivity index (χ3n) is 3.93. The van der Waals surface area contributed by atoms with Gasteiger partial charge in [0.1, 0.15) is 18.3 Å². The SMILES string of the molecule is OC[C@H]1O[C@H](O)[C@H](NC2CCCCC2)[C@H](O)[C@@H]1O. The highest BCUT2D eigenvalue weighted by atomic mass is 16.6. The number of hydrogen-bond donors (Lipinski definition) is 5. The van der Waals surface area contributed by atoms with Crippen molar-refractivity contribution < 1.29 is 25.2 Å². The van der Waals surface area contributed by atoms with Gasteiger partial charge in [-0.2, -0.15) is 0 Å². The monoisotopic (exact) mass is 261 g/mol. The number of nitrogens with one attached hydrogen (secondary N) is 1. The minimum Gasteiger partial charge on any atom is -0.394 e. The molecule has 18 heavy (non-hydrogen) atoms. The van der Waals surface area contributed by atoms with Crippen LogP contribution in [-0.4, -0.2) is 63.7 Å². The standard InChI is InChI=1S/C12H23NO5/c14-6-8-10(15)11(16)9(12(17)18-8)13-7-4-2-1-3-5-7/h7-17H,1-6H2/t8-,9-,10-,11+,12+/m1/s1. The van der Waals surface area contributed by atoms with Crippen LogP contribution in [0.15, 0.2) is 0 Å². The molecule has 0 aromatic carbocycles. The van der Waals surface area contributed by atoms with Crippen LogP contribution in [0.5, 0.6) is 0 Å². The molecule has 0 bridgehead atoms. The molecule has 6 heteroatoms. The van der Waals surface area contributed by atoms with Crippen LogP contribution in [0.1, 0.15) is 32.1 Å². The lowest BCUT2D eigenvalue weighted by atomic mass is 9.92. The fraction of sp³-hybridized carbons (Fsp3) is 1.00. The Hall–Kier alpha value is -0.240. The van der Waals surface area contributed by atoms with Crippen molar-refractivity contribution in [2.24, 2.45) is 0 Å². The van der Waals surface area contributed by atoms with E-state index in [-0.39, 0.29) is 6.04 Å². The summed E-state index contributed by atoms with van der Waals surface area (Å²) < 4.78 is 5.11. The Labute approximate surface area is 107 Å². The molecule has 5 N–H and O–H groups in total.